The summed E-state index contributed by atoms with van der Waals surface area (Å²) in [7, 11) is 0. The van der Waals surface area contributed by atoms with Crippen LogP contribution in [0.1, 0.15) is 62.7 Å². The molecule has 112 valence electrons. The highest BCUT2D eigenvalue weighted by atomic mass is 19.1. The summed E-state index contributed by atoms with van der Waals surface area (Å²) in [5.41, 5.74) is 4.03. The Balaban J connectivity index is 1.81. The Hall–Kier alpha value is -1.44. The first-order valence-electron chi connectivity index (χ1n) is 7.98. The maximum absolute atomic E-state index is 13.0. The van der Waals surface area contributed by atoms with Gasteiger partial charge in [-0.1, -0.05) is 25.0 Å². The Morgan fingerprint density at radius 1 is 1.19 bits per heavy atom. The number of halogens is 1. The summed E-state index contributed by atoms with van der Waals surface area (Å²) < 4.78 is 13.0. The molecule has 1 aromatic carbocycles. The van der Waals surface area contributed by atoms with Crippen molar-refractivity contribution in [2.24, 2.45) is 11.3 Å². The van der Waals surface area contributed by atoms with Gasteiger partial charge in [-0.15, -0.1) is 0 Å². The summed E-state index contributed by atoms with van der Waals surface area (Å²) in [5, 5.41) is 0. The smallest absolute Gasteiger partial charge is 0.166 e. The molecule has 0 radical (unpaired) electrons. The number of hydrogen-bond acceptors (Lipinski definition) is 1. The second kappa shape index (κ2) is 5.40. The molecule has 1 aromatic rings. The van der Waals surface area contributed by atoms with Crippen LogP contribution in [0.3, 0.4) is 0 Å². The monoisotopic (exact) mass is 286 g/mol. The lowest BCUT2D eigenvalue weighted by Crippen LogP contribution is -2.29. The maximum Gasteiger partial charge on any atom is 0.166 e. The van der Waals surface area contributed by atoms with E-state index in [1.165, 1.54) is 37.0 Å². The van der Waals surface area contributed by atoms with Crippen molar-refractivity contribution in [3.05, 3.63) is 46.8 Å². The molecule has 0 N–H and O–H groups in total. The van der Waals surface area contributed by atoms with Crippen LogP contribution in [0.2, 0.25) is 0 Å². The van der Waals surface area contributed by atoms with Gasteiger partial charge in [-0.05, 0) is 68.2 Å². The van der Waals surface area contributed by atoms with Crippen molar-refractivity contribution in [1.29, 1.82) is 0 Å². The van der Waals surface area contributed by atoms with E-state index < -0.39 is 0 Å². The normalized spacial score (nSPS) is 24.6. The number of carbonyl (C=O) groups excluding carboxylic acids is 1. The Morgan fingerprint density at radius 3 is 2.62 bits per heavy atom. The summed E-state index contributed by atoms with van der Waals surface area (Å²) >= 11 is 0. The molecule has 1 unspecified atom stereocenters. The fourth-order valence-electron chi connectivity index (χ4n) is 3.99. The molecule has 0 amide bonds. The zero-order valence-electron chi connectivity index (χ0n) is 12.9. The number of hydrogen-bond donors (Lipinski definition) is 0. The molecule has 0 saturated carbocycles. The predicted octanol–water partition coefficient (Wildman–Crippen LogP) is 5.32. The van der Waals surface area contributed by atoms with Gasteiger partial charge in [-0.3, -0.25) is 4.79 Å². The van der Waals surface area contributed by atoms with E-state index in [1.54, 1.807) is 17.7 Å². The third-order valence-electron chi connectivity index (χ3n) is 5.27. The van der Waals surface area contributed by atoms with Crippen molar-refractivity contribution in [2.45, 2.75) is 52.4 Å². The van der Waals surface area contributed by atoms with Gasteiger partial charge in [0.15, 0.2) is 5.78 Å². The standard InChI is InChI=1S/C19H23FO/c1-19(2)11-3-4-13-5-6-15(12-17(13)19)18(21)14-7-9-16(20)10-8-14/h7-10,15H,3-6,11-12H2,1-2H3. The molecule has 3 rings (SSSR count). The molecule has 2 aliphatic rings. The van der Waals surface area contributed by atoms with Crippen LogP contribution < -0.4 is 0 Å². The van der Waals surface area contributed by atoms with Gasteiger partial charge < -0.3 is 0 Å². The van der Waals surface area contributed by atoms with Crippen LogP contribution in [-0.4, -0.2) is 5.78 Å². The number of benzene rings is 1. The topological polar surface area (TPSA) is 17.1 Å². The Bertz CT molecular complexity index is 580. The molecule has 0 aliphatic heterocycles. The van der Waals surface area contributed by atoms with Gasteiger partial charge in [-0.2, -0.15) is 0 Å². The predicted molar refractivity (Wildman–Crippen MR) is 82.7 cm³/mol. The molecule has 0 fully saturated rings. The van der Waals surface area contributed by atoms with Crippen LogP contribution in [0.25, 0.3) is 0 Å². The maximum atomic E-state index is 13.0. The molecule has 0 bridgehead atoms. The minimum absolute atomic E-state index is 0.0755. The molecule has 1 atom stereocenters. The third-order valence-corrected chi connectivity index (χ3v) is 5.27. The van der Waals surface area contributed by atoms with Gasteiger partial charge in [0, 0.05) is 11.5 Å². The number of allylic oxidation sites excluding steroid dienone is 2. The van der Waals surface area contributed by atoms with E-state index in [1.807, 2.05) is 0 Å². The van der Waals surface area contributed by atoms with Crippen molar-refractivity contribution in [3.8, 4) is 0 Å². The fourth-order valence-corrected chi connectivity index (χ4v) is 3.99. The van der Waals surface area contributed by atoms with E-state index in [0.717, 1.165) is 19.3 Å². The van der Waals surface area contributed by atoms with Gasteiger partial charge in [-0.25, -0.2) is 4.39 Å². The average molecular weight is 286 g/mol. The Kier molecular flexibility index (Phi) is 3.73. The van der Waals surface area contributed by atoms with Gasteiger partial charge >= 0.3 is 0 Å². The van der Waals surface area contributed by atoms with Crippen LogP contribution >= 0.6 is 0 Å². The van der Waals surface area contributed by atoms with E-state index in [9.17, 15) is 9.18 Å². The second-order valence-electron chi connectivity index (χ2n) is 7.13. The lowest BCUT2D eigenvalue weighted by molar-refractivity contribution is 0.0901. The first-order chi connectivity index (χ1) is 9.97. The van der Waals surface area contributed by atoms with Crippen LogP contribution in [0, 0.1) is 17.2 Å². The molecule has 2 heteroatoms. The zero-order chi connectivity index (χ0) is 15.0. The number of ketones is 1. The van der Waals surface area contributed by atoms with E-state index in [2.05, 4.69) is 13.8 Å². The zero-order valence-corrected chi connectivity index (χ0v) is 12.9. The summed E-state index contributed by atoms with van der Waals surface area (Å²) in [6, 6.07) is 6.00. The first kappa shape index (κ1) is 14.5. The number of carbonyl (C=O) groups is 1. The van der Waals surface area contributed by atoms with Crippen molar-refractivity contribution in [2.75, 3.05) is 0 Å². The number of Topliss-reactive ketones (excluding diaryl/α,β-unsaturated/α-hetero) is 1. The van der Waals surface area contributed by atoms with Crippen LogP contribution in [0.15, 0.2) is 35.4 Å². The van der Waals surface area contributed by atoms with Crippen molar-refractivity contribution in [1.82, 2.24) is 0 Å². The quantitative estimate of drug-likeness (QED) is 0.531. The summed E-state index contributed by atoms with van der Waals surface area (Å²) in [6.45, 7) is 4.62. The molecule has 21 heavy (non-hydrogen) atoms. The highest BCUT2D eigenvalue weighted by Crippen LogP contribution is 2.48. The van der Waals surface area contributed by atoms with E-state index in [4.69, 9.17) is 0 Å². The highest BCUT2D eigenvalue weighted by Gasteiger charge is 2.36. The van der Waals surface area contributed by atoms with Crippen LogP contribution in [-0.2, 0) is 0 Å². The molecule has 0 spiro atoms. The van der Waals surface area contributed by atoms with Gasteiger partial charge in [0.05, 0.1) is 0 Å². The Morgan fingerprint density at radius 2 is 1.90 bits per heavy atom. The highest BCUT2D eigenvalue weighted by molar-refractivity contribution is 5.98. The second-order valence-corrected chi connectivity index (χ2v) is 7.13. The SMILES string of the molecule is CC1(C)CCCC2=C1CC(C(=O)c1ccc(F)cc1)CC2. The van der Waals surface area contributed by atoms with Crippen molar-refractivity contribution in [3.63, 3.8) is 0 Å². The molecule has 0 heterocycles. The minimum atomic E-state index is -0.284. The van der Waals surface area contributed by atoms with Crippen molar-refractivity contribution < 1.29 is 9.18 Å². The van der Waals surface area contributed by atoms with E-state index >= 15 is 0 Å². The summed E-state index contributed by atoms with van der Waals surface area (Å²) in [5.74, 6) is -0.0249. The van der Waals surface area contributed by atoms with Crippen LogP contribution in [0.5, 0.6) is 0 Å². The molecule has 2 aliphatic carbocycles. The van der Waals surface area contributed by atoms with Gasteiger partial charge in [0.2, 0.25) is 0 Å². The fraction of sp³-hybridized carbons (Fsp3) is 0.526. The lowest BCUT2D eigenvalue weighted by Gasteiger charge is -2.40. The Labute approximate surface area is 126 Å². The van der Waals surface area contributed by atoms with Gasteiger partial charge in [0.1, 0.15) is 5.82 Å². The van der Waals surface area contributed by atoms with Gasteiger partial charge in [0.25, 0.3) is 0 Å². The van der Waals surface area contributed by atoms with Crippen molar-refractivity contribution >= 4 is 5.78 Å². The van der Waals surface area contributed by atoms with E-state index in [-0.39, 0.29) is 22.9 Å². The van der Waals surface area contributed by atoms with Crippen LogP contribution in [0.4, 0.5) is 4.39 Å². The third kappa shape index (κ3) is 2.81. The number of rotatable bonds is 2. The molecule has 1 nitrogen and oxygen atoms in total. The summed E-state index contributed by atoms with van der Waals surface area (Å²) in [4.78, 5) is 12.7. The first-order valence-corrected chi connectivity index (χ1v) is 7.98. The average Bonchev–Trinajstić information content (AvgIpc) is 2.47. The minimum Gasteiger partial charge on any atom is -0.294 e. The largest absolute Gasteiger partial charge is 0.294 e. The lowest BCUT2D eigenvalue weighted by atomic mass is 9.65. The van der Waals surface area contributed by atoms with E-state index in [0.29, 0.717) is 5.56 Å². The molecular formula is C19H23FO. The molecule has 0 saturated heterocycles. The molecule has 0 aromatic heterocycles. The summed E-state index contributed by atoms with van der Waals surface area (Å²) in [6.07, 6.45) is 6.64. The molecular weight excluding hydrogens is 263 g/mol.